The van der Waals surface area contributed by atoms with Crippen molar-refractivity contribution in [1.29, 1.82) is 0 Å². The fourth-order valence-electron chi connectivity index (χ4n) is 3.48. The van der Waals surface area contributed by atoms with Crippen molar-refractivity contribution in [2.24, 2.45) is 0 Å². The summed E-state index contributed by atoms with van der Waals surface area (Å²) >= 11 is 0. The minimum Gasteiger partial charge on any atom is -0.379 e. The summed E-state index contributed by atoms with van der Waals surface area (Å²) in [7, 11) is 1.57. The third-order valence-corrected chi connectivity index (χ3v) is 5.12. The molecule has 3 rings (SSSR count). The number of rotatable bonds is 9. The number of carbonyl (C=O) groups excluding carboxylic acids is 2. The van der Waals surface area contributed by atoms with Gasteiger partial charge in [-0.1, -0.05) is 30.3 Å². The first-order chi connectivity index (χ1) is 14.2. The van der Waals surface area contributed by atoms with Gasteiger partial charge in [0.2, 0.25) is 0 Å². The Bertz CT molecular complexity index is 817. The third-order valence-electron chi connectivity index (χ3n) is 5.12. The van der Waals surface area contributed by atoms with E-state index in [1.54, 1.807) is 13.1 Å². The fourth-order valence-corrected chi connectivity index (χ4v) is 3.48. The minimum absolute atomic E-state index is 0.0637. The molecule has 0 radical (unpaired) electrons. The van der Waals surface area contributed by atoms with Crippen molar-refractivity contribution in [2.45, 2.75) is 25.7 Å². The number of amides is 1. The van der Waals surface area contributed by atoms with Gasteiger partial charge >= 0.3 is 0 Å². The number of morpholine rings is 1. The van der Waals surface area contributed by atoms with E-state index in [1.165, 1.54) is 0 Å². The number of Topliss-reactive ketones (excluding diaryl/α,β-unsaturated/α-hetero) is 1. The number of pyridine rings is 1. The molecule has 0 bridgehead atoms. The molecule has 6 nitrogen and oxygen atoms in total. The quantitative estimate of drug-likeness (QED) is 0.522. The van der Waals surface area contributed by atoms with Crippen molar-refractivity contribution in [3.8, 4) is 0 Å². The fraction of sp³-hybridized carbons (Fsp3) is 0.435. The molecule has 2 heterocycles. The van der Waals surface area contributed by atoms with Crippen molar-refractivity contribution < 1.29 is 14.3 Å². The zero-order valence-corrected chi connectivity index (χ0v) is 17.0. The number of ketones is 1. The standard InChI is InChI=1S/C23H29N3O3/c1-24-23(28)21-17-19(16-20(25-21)15-18-7-3-2-4-8-18)22(27)9-5-6-10-26-11-13-29-14-12-26/h2-4,7-8,16-17H,5-6,9-15H2,1H3,(H,24,28). The van der Waals surface area contributed by atoms with Crippen LogP contribution in [0.4, 0.5) is 0 Å². The average Bonchev–Trinajstić information content (AvgIpc) is 2.77. The molecule has 1 aliphatic rings. The molecule has 0 unspecified atom stereocenters. The van der Waals surface area contributed by atoms with Gasteiger partial charge in [-0.05, 0) is 37.1 Å². The number of ether oxygens (including phenoxy) is 1. The Balaban J connectivity index is 1.63. The molecule has 0 aliphatic carbocycles. The molecule has 1 fully saturated rings. The van der Waals surface area contributed by atoms with Crippen molar-refractivity contribution in [2.75, 3.05) is 39.9 Å². The predicted octanol–water partition coefficient (Wildman–Crippen LogP) is 2.72. The van der Waals surface area contributed by atoms with E-state index >= 15 is 0 Å². The molecule has 1 aliphatic heterocycles. The summed E-state index contributed by atoms with van der Waals surface area (Å²) in [5.41, 5.74) is 2.68. The summed E-state index contributed by atoms with van der Waals surface area (Å²) in [5.74, 6) is -0.213. The molecule has 1 saturated heterocycles. The lowest BCUT2D eigenvalue weighted by atomic mass is 10.0. The van der Waals surface area contributed by atoms with Crippen LogP contribution in [0.5, 0.6) is 0 Å². The maximum absolute atomic E-state index is 12.8. The van der Waals surface area contributed by atoms with E-state index in [-0.39, 0.29) is 17.4 Å². The van der Waals surface area contributed by atoms with Crippen LogP contribution in [-0.2, 0) is 11.2 Å². The largest absolute Gasteiger partial charge is 0.379 e. The van der Waals surface area contributed by atoms with Crippen LogP contribution in [0.25, 0.3) is 0 Å². The molecule has 0 atom stereocenters. The molecule has 0 saturated carbocycles. The summed E-state index contributed by atoms with van der Waals surface area (Å²) in [4.78, 5) is 31.7. The molecular formula is C23H29N3O3. The lowest BCUT2D eigenvalue weighted by Crippen LogP contribution is -2.36. The number of aromatic nitrogens is 1. The van der Waals surface area contributed by atoms with Crippen LogP contribution in [0.2, 0.25) is 0 Å². The van der Waals surface area contributed by atoms with Gasteiger partial charge in [0.25, 0.3) is 5.91 Å². The van der Waals surface area contributed by atoms with Crippen LogP contribution in [0.1, 0.15) is 51.4 Å². The van der Waals surface area contributed by atoms with E-state index in [9.17, 15) is 9.59 Å². The topological polar surface area (TPSA) is 71.5 Å². The predicted molar refractivity (Wildman–Crippen MR) is 112 cm³/mol. The lowest BCUT2D eigenvalue weighted by molar-refractivity contribution is 0.0371. The van der Waals surface area contributed by atoms with Crippen molar-refractivity contribution in [3.05, 3.63) is 65.0 Å². The van der Waals surface area contributed by atoms with Crippen molar-refractivity contribution in [1.82, 2.24) is 15.2 Å². The van der Waals surface area contributed by atoms with Crippen LogP contribution in [0, 0.1) is 0 Å². The first kappa shape index (κ1) is 21.1. The zero-order chi connectivity index (χ0) is 20.5. The van der Waals surface area contributed by atoms with Gasteiger partial charge in [-0.2, -0.15) is 0 Å². The normalized spacial score (nSPS) is 14.5. The summed E-state index contributed by atoms with van der Waals surface area (Å²) < 4.78 is 5.36. The monoisotopic (exact) mass is 395 g/mol. The highest BCUT2D eigenvalue weighted by Crippen LogP contribution is 2.15. The van der Waals surface area contributed by atoms with Gasteiger partial charge in [0.05, 0.1) is 13.2 Å². The summed E-state index contributed by atoms with van der Waals surface area (Å²) in [6.45, 7) is 4.52. The van der Waals surface area contributed by atoms with E-state index in [0.717, 1.165) is 56.9 Å². The molecule has 2 aromatic rings. The summed E-state index contributed by atoms with van der Waals surface area (Å²) in [5, 5.41) is 2.60. The molecular weight excluding hydrogens is 366 g/mol. The minimum atomic E-state index is -0.277. The Kier molecular flexibility index (Phi) is 7.90. The Morgan fingerprint density at radius 2 is 1.86 bits per heavy atom. The summed E-state index contributed by atoms with van der Waals surface area (Å²) in [6, 6.07) is 13.4. The van der Waals surface area contributed by atoms with Crippen molar-refractivity contribution in [3.63, 3.8) is 0 Å². The number of unbranched alkanes of at least 4 members (excludes halogenated alkanes) is 1. The maximum Gasteiger partial charge on any atom is 0.269 e. The number of carbonyl (C=O) groups is 2. The highest BCUT2D eigenvalue weighted by molar-refractivity contribution is 5.99. The van der Waals surface area contributed by atoms with Crippen LogP contribution >= 0.6 is 0 Å². The maximum atomic E-state index is 12.8. The van der Waals surface area contributed by atoms with Crippen LogP contribution in [-0.4, -0.2) is 61.5 Å². The second-order valence-electron chi connectivity index (χ2n) is 7.31. The third kappa shape index (κ3) is 6.48. The van der Waals surface area contributed by atoms with E-state index in [4.69, 9.17) is 4.74 Å². The van der Waals surface area contributed by atoms with Crippen LogP contribution in [0.3, 0.4) is 0 Å². The zero-order valence-electron chi connectivity index (χ0n) is 17.0. The van der Waals surface area contributed by atoms with E-state index in [2.05, 4.69) is 15.2 Å². The van der Waals surface area contributed by atoms with Gasteiger partial charge in [0.15, 0.2) is 5.78 Å². The molecule has 0 spiro atoms. The molecule has 1 aromatic carbocycles. The Morgan fingerprint density at radius 1 is 1.10 bits per heavy atom. The summed E-state index contributed by atoms with van der Waals surface area (Å²) in [6.07, 6.45) is 2.88. The molecule has 29 heavy (non-hydrogen) atoms. The molecule has 1 N–H and O–H groups in total. The van der Waals surface area contributed by atoms with Gasteiger partial charge in [-0.25, -0.2) is 4.98 Å². The Morgan fingerprint density at radius 3 is 2.59 bits per heavy atom. The molecule has 154 valence electrons. The number of hydrogen-bond donors (Lipinski definition) is 1. The SMILES string of the molecule is CNC(=O)c1cc(C(=O)CCCCN2CCOCC2)cc(Cc2ccccc2)n1. The lowest BCUT2D eigenvalue weighted by Gasteiger charge is -2.26. The van der Waals surface area contributed by atoms with Gasteiger partial charge in [0, 0.05) is 44.2 Å². The Labute approximate surface area is 172 Å². The average molecular weight is 396 g/mol. The molecule has 1 aromatic heterocycles. The van der Waals surface area contributed by atoms with Gasteiger partial charge in [-0.15, -0.1) is 0 Å². The number of hydrogen-bond acceptors (Lipinski definition) is 5. The van der Waals surface area contributed by atoms with Crippen LogP contribution in [0.15, 0.2) is 42.5 Å². The van der Waals surface area contributed by atoms with Gasteiger partial charge in [0.1, 0.15) is 5.69 Å². The number of nitrogens with one attached hydrogen (secondary N) is 1. The number of benzene rings is 1. The molecule has 6 heteroatoms. The second kappa shape index (κ2) is 10.8. The van der Waals surface area contributed by atoms with E-state index < -0.39 is 0 Å². The first-order valence-electron chi connectivity index (χ1n) is 10.3. The molecule has 1 amide bonds. The van der Waals surface area contributed by atoms with E-state index in [1.807, 2.05) is 36.4 Å². The van der Waals surface area contributed by atoms with Gasteiger partial charge < -0.3 is 10.1 Å². The first-order valence-corrected chi connectivity index (χ1v) is 10.3. The van der Waals surface area contributed by atoms with E-state index in [0.29, 0.717) is 18.4 Å². The Hall–Kier alpha value is -2.57. The van der Waals surface area contributed by atoms with Crippen molar-refractivity contribution >= 4 is 11.7 Å². The second-order valence-corrected chi connectivity index (χ2v) is 7.31. The number of nitrogens with zero attached hydrogens (tertiary/aromatic N) is 2. The highest BCUT2D eigenvalue weighted by atomic mass is 16.5. The smallest absolute Gasteiger partial charge is 0.269 e. The van der Waals surface area contributed by atoms with Gasteiger partial charge in [-0.3, -0.25) is 14.5 Å². The van der Waals surface area contributed by atoms with Crippen LogP contribution < -0.4 is 5.32 Å². The highest BCUT2D eigenvalue weighted by Gasteiger charge is 2.15.